The van der Waals surface area contributed by atoms with Crippen LogP contribution in [-0.4, -0.2) is 70.0 Å². The summed E-state index contributed by atoms with van der Waals surface area (Å²) in [5.74, 6) is -2.27. The Morgan fingerprint density at radius 1 is 1.00 bits per heavy atom. The number of thioether (sulfide) groups is 1. The molecule has 0 saturated heterocycles. The lowest BCUT2D eigenvalue weighted by Gasteiger charge is -2.28. The zero-order valence-electron chi connectivity index (χ0n) is 23.5. The molecular formula is C28H43N5O5S. The number of hydrogen-bond acceptors (Lipinski definition) is 6. The predicted octanol–water partition coefficient (Wildman–Crippen LogP) is 2.42. The van der Waals surface area contributed by atoms with E-state index in [-0.39, 0.29) is 24.7 Å². The molecule has 5 atom stereocenters. The molecule has 0 bridgehead atoms. The number of nitrogens with two attached hydrogens (primary N) is 1. The van der Waals surface area contributed by atoms with E-state index in [1.165, 1.54) is 11.8 Å². The number of nitrogens with one attached hydrogen (secondary N) is 4. The van der Waals surface area contributed by atoms with Gasteiger partial charge in [-0.05, 0) is 54.7 Å². The summed E-state index contributed by atoms with van der Waals surface area (Å²) in [6, 6.07) is 3.94. The normalized spacial score (nSPS) is 15.3. The Bertz CT molecular complexity index is 1120. The molecule has 2 aromatic rings. The number of amides is 3. The molecule has 0 aliphatic heterocycles. The summed E-state index contributed by atoms with van der Waals surface area (Å²) in [6.07, 6.45) is 5.17. The van der Waals surface area contributed by atoms with Crippen molar-refractivity contribution < 1.29 is 24.3 Å². The lowest BCUT2D eigenvalue weighted by atomic mass is 9.96. The van der Waals surface area contributed by atoms with Gasteiger partial charge in [0.2, 0.25) is 17.7 Å². The van der Waals surface area contributed by atoms with Crippen molar-refractivity contribution in [2.24, 2.45) is 17.6 Å². The highest BCUT2D eigenvalue weighted by molar-refractivity contribution is 7.98. The van der Waals surface area contributed by atoms with Gasteiger partial charge in [-0.3, -0.25) is 14.4 Å². The van der Waals surface area contributed by atoms with E-state index < -0.39 is 47.9 Å². The van der Waals surface area contributed by atoms with Gasteiger partial charge in [-0.2, -0.15) is 11.8 Å². The largest absolute Gasteiger partial charge is 0.480 e. The summed E-state index contributed by atoms with van der Waals surface area (Å²) < 4.78 is 0. The van der Waals surface area contributed by atoms with E-state index in [0.29, 0.717) is 18.6 Å². The standard InChI is InChI=1S/C28H43N5O5S/c1-6-17(4)24(27(36)31-22(28(37)38)11-12-39-5)33-26(35)23(13-16(2)3)32-25(34)20(29)14-18-15-30-21-10-8-7-9-19(18)21/h7-10,15-17,20,22-24,30H,6,11-14,29H2,1-5H3,(H,31,36)(H,32,34)(H,33,35)(H,37,38). The third kappa shape index (κ3) is 9.58. The van der Waals surface area contributed by atoms with E-state index in [2.05, 4.69) is 20.9 Å². The maximum atomic E-state index is 13.4. The molecule has 1 aromatic heterocycles. The topological polar surface area (TPSA) is 166 Å². The minimum Gasteiger partial charge on any atom is -0.480 e. The van der Waals surface area contributed by atoms with Gasteiger partial charge in [-0.1, -0.05) is 52.3 Å². The van der Waals surface area contributed by atoms with Crippen LogP contribution in [0, 0.1) is 11.8 Å². The van der Waals surface area contributed by atoms with E-state index in [4.69, 9.17) is 5.73 Å². The number of aromatic nitrogens is 1. The average Bonchev–Trinajstić information content (AvgIpc) is 3.30. The first kappa shape index (κ1) is 32.2. The number of carboxylic acid groups (broad SMARTS) is 1. The van der Waals surface area contributed by atoms with Gasteiger partial charge in [0.05, 0.1) is 6.04 Å². The van der Waals surface area contributed by atoms with Crippen molar-refractivity contribution in [1.82, 2.24) is 20.9 Å². The number of aliphatic carboxylic acids is 1. The number of benzene rings is 1. The highest BCUT2D eigenvalue weighted by Gasteiger charge is 2.33. The molecule has 0 spiro atoms. The second-order valence-electron chi connectivity index (χ2n) is 10.4. The lowest BCUT2D eigenvalue weighted by molar-refractivity contribution is -0.142. The first-order valence-corrected chi connectivity index (χ1v) is 14.8. The van der Waals surface area contributed by atoms with Crippen molar-refractivity contribution in [3.05, 3.63) is 36.0 Å². The molecular weight excluding hydrogens is 518 g/mol. The van der Waals surface area contributed by atoms with Gasteiger partial charge in [0.1, 0.15) is 18.1 Å². The molecule has 3 amide bonds. The van der Waals surface area contributed by atoms with Crippen molar-refractivity contribution in [1.29, 1.82) is 0 Å². The van der Waals surface area contributed by atoms with Gasteiger partial charge >= 0.3 is 5.97 Å². The summed E-state index contributed by atoms with van der Waals surface area (Å²) >= 11 is 1.49. The second-order valence-corrected chi connectivity index (χ2v) is 11.4. The van der Waals surface area contributed by atoms with Crippen LogP contribution in [0.4, 0.5) is 0 Å². The zero-order chi connectivity index (χ0) is 29.1. The molecule has 11 heteroatoms. The van der Waals surface area contributed by atoms with Crippen molar-refractivity contribution in [2.45, 2.75) is 77.5 Å². The van der Waals surface area contributed by atoms with Crippen molar-refractivity contribution in [3.8, 4) is 0 Å². The molecule has 5 unspecified atom stereocenters. The molecule has 216 valence electrons. The van der Waals surface area contributed by atoms with Crippen molar-refractivity contribution >= 4 is 46.4 Å². The summed E-state index contributed by atoms with van der Waals surface area (Å²) in [4.78, 5) is 54.4. The van der Waals surface area contributed by atoms with E-state index >= 15 is 0 Å². The molecule has 0 fully saturated rings. The third-order valence-corrected chi connectivity index (χ3v) is 7.45. The third-order valence-electron chi connectivity index (χ3n) is 6.81. The molecule has 0 aliphatic carbocycles. The molecule has 1 aromatic carbocycles. The molecule has 0 saturated carbocycles. The molecule has 2 rings (SSSR count). The van der Waals surface area contributed by atoms with E-state index in [9.17, 15) is 24.3 Å². The Morgan fingerprint density at radius 2 is 1.67 bits per heavy atom. The minimum atomic E-state index is -1.12. The van der Waals surface area contributed by atoms with Crippen LogP contribution in [-0.2, 0) is 25.6 Å². The number of aromatic amines is 1. The molecule has 10 nitrogen and oxygen atoms in total. The average molecular weight is 562 g/mol. The van der Waals surface area contributed by atoms with Gasteiger partial charge in [-0.25, -0.2) is 4.79 Å². The van der Waals surface area contributed by atoms with Gasteiger partial charge in [0, 0.05) is 17.1 Å². The van der Waals surface area contributed by atoms with Crippen LogP contribution in [0.5, 0.6) is 0 Å². The Kier molecular flexibility index (Phi) is 12.8. The van der Waals surface area contributed by atoms with E-state index in [1.54, 1.807) is 0 Å². The molecule has 7 N–H and O–H groups in total. The maximum absolute atomic E-state index is 13.4. The fourth-order valence-corrected chi connectivity index (χ4v) is 4.79. The van der Waals surface area contributed by atoms with Crippen LogP contribution in [0.25, 0.3) is 10.9 Å². The lowest BCUT2D eigenvalue weighted by Crippen LogP contribution is -2.59. The van der Waals surface area contributed by atoms with Gasteiger partial charge < -0.3 is 31.8 Å². The summed E-state index contributed by atoms with van der Waals surface area (Å²) in [5.41, 5.74) is 8.09. The van der Waals surface area contributed by atoms with E-state index in [0.717, 1.165) is 16.5 Å². The quantitative estimate of drug-likeness (QED) is 0.183. The summed E-state index contributed by atoms with van der Waals surface area (Å²) in [6.45, 7) is 7.56. The molecule has 39 heavy (non-hydrogen) atoms. The molecule has 1 heterocycles. The van der Waals surface area contributed by atoms with Crippen LogP contribution in [0.2, 0.25) is 0 Å². The number of carbonyl (C=O) groups is 4. The van der Waals surface area contributed by atoms with Crippen LogP contribution >= 0.6 is 11.8 Å². The Morgan fingerprint density at radius 3 is 2.28 bits per heavy atom. The van der Waals surface area contributed by atoms with E-state index in [1.807, 2.05) is 64.4 Å². The Hall–Kier alpha value is -3.05. The first-order chi connectivity index (χ1) is 18.5. The number of H-pyrrole nitrogens is 1. The molecule has 0 radical (unpaired) electrons. The fourth-order valence-electron chi connectivity index (χ4n) is 4.32. The first-order valence-electron chi connectivity index (χ1n) is 13.4. The Labute approximate surface area is 234 Å². The van der Waals surface area contributed by atoms with Crippen LogP contribution in [0.15, 0.2) is 30.5 Å². The van der Waals surface area contributed by atoms with Gasteiger partial charge in [0.15, 0.2) is 0 Å². The maximum Gasteiger partial charge on any atom is 0.326 e. The predicted molar refractivity (Wildman–Crippen MR) is 155 cm³/mol. The SMILES string of the molecule is CCC(C)C(NC(=O)C(CC(C)C)NC(=O)C(N)Cc1c[nH]c2ccccc12)C(=O)NC(CCSC)C(=O)O. The fraction of sp³-hybridized carbons (Fsp3) is 0.571. The number of fused-ring (bicyclic) bond motifs is 1. The smallest absolute Gasteiger partial charge is 0.326 e. The van der Waals surface area contributed by atoms with Crippen LogP contribution in [0.3, 0.4) is 0 Å². The monoisotopic (exact) mass is 561 g/mol. The highest BCUT2D eigenvalue weighted by atomic mass is 32.2. The van der Waals surface area contributed by atoms with Crippen LogP contribution < -0.4 is 21.7 Å². The zero-order valence-corrected chi connectivity index (χ0v) is 24.3. The van der Waals surface area contributed by atoms with Crippen molar-refractivity contribution in [2.75, 3.05) is 12.0 Å². The van der Waals surface area contributed by atoms with Crippen LogP contribution in [0.1, 0.15) is 52.5 Å². The number of carboxylic acids is 1. The second kappa shape index (κ2) is 15.5. The molecule has 0 aliphatic rings. The number of rotatable bonds is 16. The Balaban J connectivity index is 2.13. The number of hydrogen-bond donors (Lipinski definition) is 6. The summed E-state index contributed by atoms with van der Waals surface area (Å²) in [7, 11) is 0. The number of para-hydroxylation sites is 1. The highest BCUT2D eigenvalue weighted by Crippen LogP contribution is 2.19. The minimum absolute atomic E-state index is 0.0738. The van der Waals surface area contributed by atoms with Gasteiger partial charge in [0.25, 0.3) is 0 Å². The van der Waals surface area contributed by atoms with Gasteiger partial charge in [-0.15, -0.1) is 0 Å². The number of carbonyl (C=O) groups excluding carboxylic acids is 3. The summed E-state index contributed by atoms with van der Waals surface area (Å²) in [5, 5.41) is 18.6. The van der Waals surface area contributed by atoms with Crippen molar-refractivity contribution in [3.63, 3.8) is 0 Å².